The summed E-state index contributed by atoms with van der Waals surface area (Å²) in [5.41, 5.74) is 5.22. The number of imidazole rings is 1. The Morgan fingerprint density at radius 2 is 2.05 bits per heavy atom. The summed E-state index contributed by atoms with van der Waals surface area (Å²) in [6.07, 6.45) is 4.82. The summed E-state index contributed by atoms with van der Waals surface area (Å²) in [4.78, 5) is 30.4. The quantitative estimate of drug-likeness (QED) is 0.271. The van der Waals surface area contributed by atoms with Crippen LogP contribution in [-0.2, 0) is 28.5 Å². The molecule has 220 valence electrons. The lowest BCUT2D eigenvalue weighted by molar-refractivity contribution is -0.0722. The molecule has 2 saturated heterocycles. The highest BCUT2D eigenvalue weighted by molar-refractivity contribution is 7.20. The predicted octanol–water partition coefficient (Wildman–Crippen LogP) is 5.25. The Kier molecular flexibility index (Phi) is 7.31. The lowest BCUT2D eigenvalue weighted by Crippen LogP contribution is -2.35. The van der Waals surface area contributed by atoms with Gasteiger partial charge in [-0.05, 0) is 62.5 Å². The first-order chi connectivity index (χ1) is 20.4. The number of rotatable bonds is 8. The first kappa shape index (κ1) is 27.6. The van der Waals surface area contributed by atoms with Gasteiger partial charge in [-0.15, -0.1) is 11.3 Å². The lowest BCUT2D eigenvalue weighted by Gasteiger charge is -2.33. The molecule has 0 saturated carbocycles. The van der Waals surface area contributed by atoms with Crippen molar-refractivity contribution in [2.24, 2.45) is 0 Å². The van der Waals surface area contributed by atoms with Crippen LogP contribution < -0.4 is 15.0 Å². The van der Waals surface area contributed by atoms with Gasteiger partial charge in [0.2, 0.25) is 0 Å². The molecule has 4 aromatic rings. The number of aromatic nitrogens is 3. The number of pyridine rings is 1. The van der Waals surface area contributed by atoms with Crippen molar-refractivity contribution in [3.63, 3.8) is 0 Å². The number of benzene rings is 1. The molecule has 0 spiro atoms. The largest absolute Gasteiger partial charge is 0.443 e. The van der Waals surface area contributed by atoms with E-state index in [1.807, 2.05) is 31.2 Å². The van der Waals surface area contributed by atoms with E-state index in [2.05, 4.69) is 26.0 Å². The van der Waals surface area contributed by atoms with Gasteiger partial charge < -0.3 is 18.8 Å². The van der Waals surface area contributed by atoms with Gasteiger partial charge in [0.25, 0.3) is 11.7 Å². The number of piperidine rings is 1. The highest BCUT2D eigenvalue weighted by atomic mass is 35.5. The van der Waals surface area contributed by atoms with E-state index >= 15 is 0 Å². The van der Waals surface area contributed by atoms with Gasteiger partial charge in [-0.3, -0.25) is 19.5 Å². The monoisotopic (exact) mass is 609 g/mol. The number of nitrogens with zero attached hydrogens (tertiary/aromatic N) is 4. The average molecular weight is 610 g/mol. The fourth-order valence-corrected chi connectivity index (χ4v) is 7.04. The normalized spacial score (nSPS) is 22.4. The third-order valence-corrected chi connectivity index (χ3v) is 9.56. The zero-order chi connectivity index (χ0) is 28.8. The minimum absolute atomic E-state index is 0.180. The lowest BCUT2D eigenvalue weighted by atomic mass is 9.88. The van der Waals surface area contributed by atoms with Crippen molar-refractivity contribution in [2.45, 2.75) is 57.1 Å². The Morgan fingerprint density at radius 1 is 1.21 bits per heavy atom. The second-order valence-corrected chi connectivity index (χ2v) is 12.6. The second-order valence-electron chi connectivity index (χ2n) is 11.1. The van der Waals surface area contributed by atoms with Gasteiger partial charge in [0.1, 0.15) is 16.3 Å². The molecule has 0 radical (unpaired) electrons. The SMILES string of the molecule is CONC(=O)c1cc2c(nc(CN3CCC(c4cccc5c4O[C@](C)(c4ccc(Cl)cn4)O5)CC3)n2C[C@@H]2CCO2)s1. The summed E-state index contributed by atoms with van der Waals surface area (Å²) in [5.74, 6) is 1.65. The zero-order valence-corrected chi connectivity index (χ0v) is 25.0. The number of thiophene rings is 1. The molecule has 1 amide bonds. The van der Waals surface area contributed by atoms with Gasteiger partial charge in [-0.2, -0.15) is 0 Å². The number of nitrogens with one attached hydrogen (secondary N) is 1. The number of fused-ring (bicyclic) bond motifs is 2. The summed E-state index contributed by atoms with van der Waals surface area (Å²) in [7, 11) is 1.43. The number of para-hydroxylation sites is 1. The van der Waals surface area contributed by atoms with Crippen LogP contribution in [0.2, 0.25) is 5.02 Å². The topological polar surface area (TPSA) is 100.0 Å². The summed E-state index contributed by atoms with van der Waals surface area (Å²) in [6, 6.07) is 11.7. The van der Waals surface area contributed by atoms with Gasteiger partial charge >= 0.3 is 0 Å². The molecule has 3 aromatic heterocycles. The third-order valence-electron chi connectivity index (χ3n) is 8.32. The van der Waals surface area contributed by atoms with E-state index in [1.54, 1.807) is 12.3 Å². The minimum Gasteiger partial charge on any atom is -0.443 e. The van der Waals surface area contributed by atoms with E-state index in [4.69, 9.17) is 35.6 Å². The number of halogens is 1. The van der Waals surface area contributed by atoms with Crippen molar-refractivity contribution < 1.29 is 23.8 Å². The maximum absolute atomic E-state index is 12.3. The van der Waals surface area contributed by atoms with Gasteiger partial charge in [0.15, 0.2) is 11.5 Å². The maximum Gasteiger partial charge on any atom is 0.292 e. The molecule has 3 aliphatic heterocycles. The van der Waals surface area contributed by atoms with Crippen molar-refractivity contribution in [1.82, 2.24) is 24.9 Å². The molecule has 3 aliphatic rings. The molecule has 12 heteroatoms. The van der Waals surface area contributed by atoms with Crippen molar-refractivity contribution >= 4 is 39.2 Å². The highest BCUT2D eigenvalue weighted by Crippen LogP contribution is 2.49. The van der Waals surface area contributed by atoms with Gasteiger partial charge in [0, 0.05) is 25.3 Å². The molecule has 6 heterocycles. The smallest absolute Gasteiger partial charge is 0.292 e. The van der Waals surface area contributed by atoms with Crippen LogP contribution in [0, 0.1) is 0 Å². The van der Waals surface area contributed by atoms with Crippen molar-refractivity contribution in [1.29, 1.82) is 0 Å². The van der Waals surface area contributed by atoms with Crippen LogP contribution in [0.1, 0.15) is 58.9 Å². The van der Waals surface area contributed by atoms with Crippen LogP contribution in [0.4, 0.5) is 0 Å². The summed E-state index contributed by atoms with van der Waals surface area (Å²) in [6.45, 7) is 6.04. The Balaban J connectivity index is 1.05. The van der Waals surface area contributed by atoms with Crippen LogP contribution >= 0.6 is 22.9 Å². The number of likely N-dealkylation sites (tertiary alicyclic amines) is 1. The standard InChI is InChI=1S/C30H32ClN5O5S/c1-30(25-7-6-19(31)15-32-25)40-23-5-3-4-21(27(23)41-30)18-8-11-35(12-9-18)17-26-33-29-22(36(26)16-20-10-13-39-20)14-24(42-29)28(37)34-38-2/h3-7,14-15,18,20H,8-13,16-17H2,1-2H3,(H,34,37)/t20-,30+/m0/s1. The number of carbonyl (C=O) groups is 1. The number of hydrogen-bond acceptors (Lipinski definition) is 9. The molecule has 0 bridgehead atoms. The van der Waals surface area contributed by atoms with E-state index in [9.17, 15) is 4.79 Å². The van der Waals surface area contributed by atoms with Gasteiger partial charge in [-0.1, -0.05) is 23.7 Å². The molecule has 2 fully saturated rings. The molecule has 7 rings (SSSR count). The van der Waals surface area contributed by atoms with Gasteiger partial charge in [0.05, 0.1) is 41.7 Å². The molecular formula is C30H32ClN5O5S. The van der Waals surface area contributed by atoms with Crippen LogP contribution in [-0.4, -0.2) is 58.3 Å². The Bertz CT molecular complexity index is 1610. The number of ether oxygens (including phenoxy) is 3. The minimum atomic E-state index is -0.998. The number of hydroxylamine groups is 1. The summed E-state index contributed by atoms with van der Waals surface area (Å²) in [5, 5.41) is 0.572. The van der Waals surface area contributed by atoms with Crippen LogP contribution in [0.25, 0.3) is 10.3 Å². The van der Waals surface area contributed by atoms with Crippen molar-refractivity contribution in [2.75, 3.05) is 26.8 Å². The summed E-state index contributed by atoms with van der Waals surface area (Å²) < 4.78 is 20.7. The fourth-order valence-electron chi connectivity index (χ4n) is 5.99. The molecule has 0 unspecified atom stereocenters. The summed E-state index contributed by atoms with van der Waals surface area (Å²) >= 11 is 7.43. The molecule has 10 nitrogen and oxygen atoms in total. The van der Waals surface area contributed by atoms with Crippen LogP contribution in [0.15, 0.2) is 42.6 Å². The van der Waals surface area contributed by atoms with Crippen molar-refractivity contribution in [3.05, 3.63) is 69.6 Å². The first-order valence-corrected chi connectivity index (χ1v) is 15.4. The Morgan fingerprint density at radius 3 is 2.76 bits per heavy atom. The predicted molar refractivity (Wildman–Crippen MR) is 158 cm³/mol. The first-order valence-electron chi connectivity index (χ1n) is 14.2. The van der Waals surface area contributed by atoms with Gasteiger partial charge in [-0.25, -0.2) is 10.5 Å². The number of carbonyl (C=O) groups excluding carboxylic acids is 1. The average Bonchev–Trinajstić information content (AvgIpc) is 3.62. The van der Waals surface area contributed by atoms with Crippen LogP contribution in [0.5, 0.6) is 11.5 Å². The van der Waals surface area contributed by atoms with E-state index in [-0.39, 0.29) is 12.0 Å². The van der Waals surface area contributed by atoms with E-state index in [1.165, 1.54) is 24.0 Å². The van der Waals surface area contributed by atoms with E-state index in [0.29, 0.717) is 21.5 Å². The molecular weight excluding hydrogens is 578 g/mol. The van der Waals surface area contributed by atoms with E-state index in [0.717, 1.165) is 79.7 Å². The molecule has 1 N–H and O–H groups in total. The number of hydrogen-bond donors (Lipinski definition) is 1. The fraction of sp³-hybridized carbons (Fsp3) is 0.433. The second kappa shape index (κ2) is 11.1. The molecule has 42 heavy (non-hydrogen) atoms. The molecule has 2 atom stereocenters. The van der Waals surface area contributed by atoms with Crippen molar-refractivity contribution in [3.8, 4) is 11.5 Å². The maximum atomic E-state index is 12.3. The third kappa shape index (κ3) is 5.13. The zero-order valence-electron chi connectivity index (χ0n) is 23.5. The molecule has 1 aromatic carbocycles. The number of amides is 1. The molecule has 0 aliphatic carbocycles. The van der Waals surface area contributed by atoms with E-state index < -0.39 is 5.79 Å². The Labute approximate surface area is 252 Å². The Hall–Kier alpha value is -3.22. The van der Waals surface area contributed by atoms with Crippen LogP contribution in [0.3, 0.4) is 0 Å². The highest BCUT2D eigenvalue weighted by Gasteiger charge is 2.42.